The molecule has 4 nitrogen and oxygen atoms in total. The standard InChI is InChI=1S/C23H26N2O2/c1-4-12-27-23(22-13-17-9-11-25(22)15-16(17)5-2)19-8-10-24-21-7-6-18(26-3)14-20(19)21/h1,5-8,10,14,16-17,22-23H,2,9,11-13,15H2,3H3/t16-,17-,22+,23+/m0/s1. The number of ether oxygens (including phenoxy) is 2. The summed E-state index contributed by atoms with van der Waals surface area (Å²) in [6.45, 7) is 6.51. The minimum Gasteiger partial charge on any atom is -0.497 e. The zero-order valence-corrected chi connectivity index (χ0v) is 15.8. The van der Waals surface area contributed by atoms with Crippen molar-refractivity contribution in [3.05, 3.63) is 48.7 Å². The van der Waals surface area contributed by atoms with E-state index in [1.807, 2.05) is 24.4 Å². The van der Waals surface area contributed by atoms with Gasteiger partial charge in [0, 0.05) is 24.2 Å². The molecule has 27 heavy (non-hydrogen) atoms. The molecule has 0 N–H and O–H groups in total. The quantitative estimate of drug-likeness (QED) is 0.578. The largest absolute Gasteiger partial charge is 0.497 e. The molecule has 4 heteroatoms. The fourth-order valence-electron chi connectivity index (χ4n) is 4.76. The first kappa shape index (κ1) is 18.0. The molecule has 3 aliphatic heterocycles. The number of piperidine rings is 3. The van der Waals surface area contributed by atoms with E-state index in [-0.39, 0.29) is 6.10 Å². The minimum atomic E-state index is -0.0766. The second-order valence-electron chi connectivity index (χ2n) is 7.47. The van der Waals surface area contributed by atoms with E-state index in [4.69, 9.17) is 15.9 Å². The SMILES string of the molecule is C#CCO[C@H](c1ccnc2ccc(OC)cc12)[C@H]1C[C@@H]2CCN1C[C@@H]2C=C. The van der Waals surface area contributed by atoms with Gasteiger partial charge in [-0.25, -0.2) is 0 Å². The summed E-state index contributed by atoms with van der Waals surface area (Å²) in [6.07, 6.45) is 11.8. The van der Waals surface area contributed by atoms with Gasteiger partial charge in [-0.15, -0.1) is 13.0 Å². The number of hydrogen-bond acceptors (Lipinski definition) is 4. The van der Waals surface area contributed by atoms with Crippen LogP contribution in [0.1, 0.15) is 24.5 Å². The Bertz CT molecular complexity index is 872. The monoisotopic (exact) mass is 362 g/mol. The maximum absolute atomic E-state index is 6.25. The zero-order chi connectivity index (χ0) is 18.8. The number of nitrogens with zero attached hydrogens (tertiary/aromatic N) is 2. The fourth-order valence-corrected chi connectivity index (χ4v) is 4.76. The average molecular weight is 362 g/mol. The molecule has 3 saturated heterocycles. The molecule has 2 bridgehead atoms. The van der Waals surface area contributed by atoms with E-state index in [1.165, 1.54) is 6.42 Å². The van der Waals surface area contributed by atoms with Gasteiger partial charge < -0.3 is 9.47 Å². The van der Waals surface area contributed by atoms with Crippen LogP contribution in [0.15, 0.2) is 43.1 Å². The molecule has 5 atom stereocenters. The Balaban J connectivity index is 1.74. The first-order valence-corrected chi connectivity index (χ1v) is 9.59. The molecule has 140 valence electrons. The van der Waals surface area contributed by atoms with Crippen molar-refractivity contribution in [2.45, 2.75) is 25.0 Å². The Morgan fingerprint density at radius 1 is 1.44 bits per heavy atom. The third-order valence-corrected chi connectivity index (χ3v) is 6.14. The van der Waals surface area contributed by atoms with E-state index in [0.717, 1.165) is 41.7 Å². The van der Waals surface area contributed by atoms with Gasteiger partial charge in [0.05, 0.1) is 18.7 Å². The van der Waals surface area contributed by atoms with Gasteiger partial charge in [-0.3, -0.25) is 9.88 Å². The Morgan fingerprint density at radius 3 is 3.04 bits per heavy atom. The van der Waals surface area contributed by atoms with Crippen molar-refractivity contribution in [2.24, 2.45) is 11.8 Å². The predicted octanol–water partition coefficient (Wildman–Crippen LogP) is 3.83. The van der Waals surface area contributed by atoms with E-state index in [9.17, 15) is 0 Å². The normalized spacial score (nSPS) is 27.9. The highest BCUT2D eigenvalue weighted by Crippen LogP contribution is 2.43. The Kier molecular flexibility index (Phi) is 5.15. The van der Waals surface area contributed by atoms with Crippen molar-refractivity contribution < 1.29 is 9.47 Å². The third kappa shape index (κ3) is 3.34. The lowest BCUT2D eigenvalue weighted by Crippen LogP contribution is -2.55. The molecule has 5 rings (SSSR count). The van der Waals surface area contributed by atoms with E-state index >= 15 is 0 Å². The summed E-state index contributed by atoms with van der Waals surface area (Å²) in [4.78, 5) is 7.08. The van der Waals surface area contributed by atoms with Gasteiger partial charge in [-0.05, 0) is 61.1 Å². The van der Waals surface area contributed by atoms with Crippen molar-refractivity contribution in [1.82, 2.24) is 9.88 Å². The summed E-state index contributed by atoms with van der Waals surface area (Å²) in [5.41, 5.74) is 2.09. The van der Waals surface area contributed by atoms with E-state index < -0.39 is 0 Å². The lowest BCUT2D eigenvalue weighted by Gasteiger charge is -2.51. The summed E-state index contributed by atoms with van der Waals surface area (Å²) in [5, 5.41) is 1.07. The highest BCUT2D eigenvalue weighted by Gasteiger charge is 2.43. The maximum atomic E-state index is 6.25. The van der Waals surface area contributed by atoms with Crippen LogP contribution in [0, 0.1) is 24.2 Å². The number of fused-ring (bicyclic) bond motifs is 4. The van der Waals surface area contributed by atoms with Crippen LogP contribution in [-0.4, -0.2) is 42.7 Å². The van der Waals surface area contributed by atoms with Crippen LogP contribution in [0.2, 0.25) is 0 Å². The molecule has 0 spiro atoms. The minimum absolute atomic E-state index is 0.0766. The van der Waals surface area contributed by atoms with E-state index in [1.54, 1.807) is 7.11 Å². The zero-order valence-electron chi connectivity index (χ0n) is 15.8. The molecule has 2 aromatic rings. The predicted molar refractivity (Wildman–Crippen MR) is 108 cm³/mol. The van der Waals surface area contributed by atoms with E-state index in [2.05, 4.69) is 34.5 Å². The summed E-state index contributed by atoms with van der Waals surface area (Å²) in [5.74, 6) is 4.73. The van der Waals surface area contributed by atoms with Crippen molar-refractivity contribution in [3.8, 4) is 18.1 Å². The van der Waals surface area contributed by atoms with Crippen molar-refractivity contribution >= 4 is 10.9 Å². The molecule has 1 aromatic heterocycles. The maximum Gasteiger partial charge on any atom is 0.119 e. The number of pyridine rings is 1. The highest BCUT2D eigenvalue weighted by molar-refractivity contribution is 5.84. The number of benzene rings is 1. The van der Waals surface area contributed by atoms with Gasteiger partial charge in [0.1, 0.15) is 12.4 Å². The van der Waals surface area contributed by atoms with Crippen molar-refractivity contribution in [2.75, 3.05) is 26.8 Å². The summed E-state index contributed by atoms with van der Waals surface area (Å²) < 4.78 is 11.7. The van der Waals surface area contributed by atoms with Crippen LogP contribution in [0.25, 0.3) is 10.9 Å². The van der Waals surface area contributed by atoms with Gasteiger partial charge >= 0.3 is 0 Å². The van der Waals surface area contributed by atoms with Crippen molar-refractivity contribution in [3.63, 3.8) is 0 Å². The molecule has 0 saturated carbocycles. The van der Waals surface area contributed by atoms with Crippen LogP contribution in [0.5, 0.6) is 5.75 Å². The molecule has 0 amide bonds. The number of methoxy groups -OCH3 is 1. The smallest absolute Gasteiger partial charge is 0.119 e. The van der Waals surface area contributed by atoms with Gasteiger partial charge in [0.2, 0.25) is 0 Å². The van der Waals surface area contributed by atoms with E-state index in [0.29, 0.717) is 24.5 Å². The Morgan fingerprint density at radius 2 is 2.33 bits per heavy atom. The van der Waals surface area contributed by atoms with Crippen LogP contribution >= 0.6 is 0 Å². The van der Waals surface area contributed by atoms with Gasteiger partial charge in [-0.1, -0.05) is 12.0 Å². The first-order valence-electron chi connectivity index (χ1n) is 9.59. The average Bonchev–Trinajstić information content (AvgIpc) is 2.74. The van der Waals surface area contributed by atoms with Crippen LogP contribution in [0.3, 0.4) is 0 Å². The summed E-state index contributed by atoms with van der Waals surface area (Å²) >= 11 is 0. The summed E-state index contributed by atoms with van der Waals surface area (Å²) in [7, 11) is 1.69. The van der Waals surface area contributed by atoms with Gasteiger partial charge in [0.15, 0.2) is 0 Å². The number of rotatable bonds is 6. The van der Waals surface area contributed by atoms with Crippen LogP contribution in [0.4, 0.5) is 0 Å². The third-order valence-electron chi connectivity index (χ3n) is 6.14. The Hall–Kier alpha value is -2.35. The highest BCUT2D eigenvalue weighted by atomic mass is 16.5. The fraction of sp³-hybridized carbons (Fsp3) is 0.435. The molecule has 3 aliphatic rings. The molecule has 1 unspecified atom stereocenters. The molecule has 4 heterocycles. The number of aromatic nitrogens is 1. The molecule has 1 aromatic carbocycles. The topological polar surface area (TPSA) is 34.6 Å². The first-order chi connectivity index (χ1) is 13.2. The summed E-state index contributed by atoms with van der Waals surface area (Å²) in [6, 6.07) is 8.38. The lowest BCUT2D eigenvalue weighted by atomic mass is 9.73. The molecule has 0 radical (unpaired) electrons. The van der Waals surface area contributed by atoms with Crippen LogP contribution < -0.4 is 4.74 Å². The Labute approximate surface area is 161 Å². The molecule has 3 fully saturated rings. The molecule has 0 aliphatic carbocycles. The number of hydrogen-bond donors (Lipinski definition) is 0. The van der Waals surface area contributed by atoms with Gasteiger partial charge in [-0.2, -0.15) is 0 Å². The van der Waals surface area contributed by atoms with Crippen LogP contribution in [-0.2, 0) is 4.74 Å². The molecular weight excluding hydrogens is 336 g/mol. The lowest BCUT2D eigenvalue weighted by molar-refractivity contribution is -0.0673. The number of terminal acetylenes is 1. The second-order valence-corrected chi connectivity index (χ2v) is 7.47. The van der Waals surface area contributed by atoms with Crippen molar-refractivity contribution in [1.29, 1.82) is 0 Å². The van der Waals surface area contributed by atoms with Gasteiger partial charge in [0.25, 0.3) is 0 Å². The molecular formula is C23H26N2O2. The second kappa shape index (κ2) is 7.72.